The molecular weight excluding hydrogens is 996 g/mol. The number of amides is 4. The van der Waals surface area contributed by atoms with E-state index in [2.05, 4.69) is 21.3 Å². The number of benzene rings is 6. The Bertz CT molecular complexity index is 2540. The van der Waals surface area contributed by atoms with Crippen molar-refractivity contribution in [1.82, 2.24) is 10.6 Å². The number of carbonyl (C=O) groups excluding carboxylic acids is 5. The molecule has 12 nitrogen and oxygen atoms in total. The van der Waals surface area contributed by atoms with Crippen LogP contribution >= 0.6 is 69.6 Å². The number of carbonyl (C=O) groups is 6. The van der Waals surface area contributed by atoms with Gasteiger partial charge in [-0.25, -0.2) is 4.79 Å². The minimum Gasteiger partial charge on any atom is -0.548 e. The summed E-state index contributed by atoms with van der Waals surface area (Å²) in [6.45, 7) is 3.43. The summed E-state index contributed by atoms with van der Waals surface area (Å²) in [7, 11) is 0. The van der Waals surface area contributed by atoms with Gasteiger partial charge in [0.1, 0.15) is 6.04 Å². The first-order valence-electron chi connectivity index (χ1n) is 19.6. The third-order valence-corrected chi connectivity index (χ3v) is 11.7. The van der Waals surface area contributed by atoms with Crippen LogP contribution < -0.4 is 55.9 Å². The molecule has 340 valence electrons. The van der Waals surface area contributed by atoms with Gasteiger partial charge in [0.2, 0.25) is 0 Å². The summed E-state index contributed by atoms with van der Waals surface area (Å²) in [6, 6.07) is 30.1. The Morgan fingerprint density at radius 2 is 0.761 bits per heavy atom. The van der Waals surface area contributed by atoms with Gasteiger partial charge >= 0.3 is 35.5 Å². The average molecular weight is 1030 g/mol. The first kappa shape index (κ1) is 54.5. The van der Waals surface area contributed by atoms with E-state index in [1.165, 1.54) is 0 Å². The topological polar surface area (TPSA) is 194 Å². The standard InChI is InChI=1S/2C24H19Cl3N2O4.Na/c2*1-13-4-2-5-16(25)20(13)22(30)29-19(24(32)33)12-14-8-10-15(11-9-14)28-23(31)21-17(26)6-3-7-18(21)27;/h2*2-11,19H,12H2,1H3,(H,28,31)(H,29,30)(H,32,33);/q;;+1/p-1. The first-order valence-corrected chi connectivity index (χ1v) is 21.9. The quantitative estimate of drug-likeness (QED) is 0.0725. The Labute approximate surface area is 437 Å². The van der Waals surface area contributed by atoms with Gasteiger partial charge in [0, 0.05) is 17.8 Å². The molecule has 0 aliphatic rings. The van der Waals surface area contributed by atoms with E-state index in [-0.39, 0.29) is 94.8 Å². The summed E-state index contributed by atoms with van der Waals surface area (Å²) in [5.74, 6) is -4.73. The molecule has 4 amide bonds. The Morgan fingerprint density at radius 3 is 1.07 bits per heavy atom. The molecule has 6 rings (SSSR count). The summed E-state index contributed by atoms with van der Waals surface area (Å²) >= 11 is 36.5. The molecule has 0 radical (unpaired) electrons. The molecule has 2 atom stereocenters. The summed E-state index contributed by atoms with van der Waals surface area (Å²) in [5, 5.41) is 33.0. The largest absolute Gasteiger partial charge is 1.00 e. The summed E-state index contributed by atoms with van der Waals surface area (Å²) in [5.41, 5.74) is 4.21. The molecule has 2 unspecified atom stereocenters. The molecule has 6 aromatic carbocycles. The molecule has 19 heteroatoms. The maximum absolute atomic E-state index is 12.6. The second-order valence-electron chi connectivity index (χ2n) is 14.5. The van der Waals surface area contributed by atoms with Gasteiger partial charge in [0.25, 0.3) is 23.6 Å². The van der Waals surface area contributed by atoms with Crippen LogP contribution in [0.3, 0.4) is 0 Å². The van der Waals surface area contributed by atoms with Gasteiger partial charge in [0.05, 0.1) is 64.4 Å². The Balaban J connectivity index is 0.000000288. The van der Waals surface area contributed by atoms with E-state index < -0.39 is 47.7 Å². The third kappa shape index (κ3) is 14.9. The molecule has 6 aromatic rings. The molecule has 0 aliphatic carbocycles. The fourth-order valence-electron chi connectivity index (χ4n) is 6.43. The maximum Gasteiger partial charge on any atom is 1.00 e. The van der Waals surface area contributed by atoms with Crippen molar-refractivity contribution in [3.05, 3.63) is 196 Å². The van der Waals surface area contributed by atoms with Crippen LogP contribution in [-0.4, -0.2) is 52.8 Å². The molecule has 0 heterocycles. The van der Waals surface area contributed by atoms with Crippen molar-refractivity contribution in [2.75, 3.05) is 10.6 Å². The molecular formula is C48H37Cl6N4NaO8. The van der Waals surface area contributed by atoms with E-state index in [9.17, 15) is 39.0 Å². The van der Waals surface area contributed by atoms with Crippen LogP contribution in [0, 0.1) is 13.8 Å². The van der Waals surface area contributed by atoms with Gasteiger partial charge in [-0.05, 0) is 103 Å². The number of rotatable bonds is 14. The smallest absolute Gasteiger partial charge is 0.548 e. The van der Waals surface area contributed by atoms with Crippen LogP contribution in [0.25, 0.3) is 0 Å². The van der Waals surface area contributed by atoms with Crippen LogP contribution in [-0.2, 0) is 22.4 Å². The van der Waals surface area contributed by atoms with Crippen molar-refractivity contribution in [3.63, 3.8) is 0 Å². The van der Waals surface area contributed by atoms with Crippen LogP contribution in [0.2, 0.25) is 30.1 Å². The van der Waals surface area contributed by atoms with Gasteiger partial charge < -0.3 is 36.3 Å². The van der Waals surface area contributed by atoms with Crippen LogP contribution in [0.15, 0.2) is 121 Å². The van der Waals surface area contributed by atoms with Crippen molar-refractivity contribution in [2.24, 2.45) is 0 Å². The van der Waals surface area contributed by atoms with Crippen molar-refractivity contribution >= 4 is 117 Å². The SMILES string of the molecule is Cc1cccc(Cl)c1C(=O)NC(Cc1ccc(NC(=O)c2c(Cl)cccc2Cl)cc1)C(=O)O.Cc1cccc(Cl)c1C(=O)NC(Cc1ccc(NC(=O)c2c(Cl)cccc2Cl)cc1)C(=O)[O-].[Na+]. The van der Waals surface area contributed by atoms with Gasteiger partial charge in [-0.15, -0.1) is 0 Å². The Kier molecular flexibility index (Phi) is 20.6. The number of carboxylic acid groups (broad SMARTS) is 2. The number of anilines is 2. The first-order chi connectivity index (χ1) is 31.3. The minimum absolute atomic E-state index is 0. The van der Waals surface area contributed by atoms with Crippen molar-refractivity contribution in [3.8, 4) is 0 Å². The molecule has 0 fully saturated rings. The molecule has 0 saturated carbocycles. The van der Waals surface area contributed by atoms with Crippen LogP contribution in [0.4, 0.5) is 11.4 Å². The molecule has 0 spiro atoms. The molecule has 0 aliphatic heterocycles. The number of hydrogen-bond donors (Lipinski definition) is 5. The molecule has 5 N–H and O–H groups in total. The molecule has 0 bridgehead atoms. The molecule has 67 heavy (non-hydrogen) atoms. The summed E-state index contributed by atoms with van der Waals surface area (Å²) < 4.78 is 0. The van der Waals surface area contributed by atoms with E-state index in [0.717, 1.165) is 0 Å². The third-order valence-electron chi connectivity index (χ3n) is 9.77. The number of nitrogens with one attached hydrogen (secondary N) is 4. The number of carboxylic acids is 2. The van der Waals surface area contributed by atoms with E-state index in [1.807, 2.05) is 0 Å². The van der Waals surface area contributed by atoms with Crippen molar-refractivity contribution < 1.29 is 68.5 Å². The molecule has 0 saturated heterocycles. The fourth-order valence-corrected chi connectivity index (χ4v) is 8.18. The zero-order chi connectivity index (χ0) is 48.2. The average Bonchev–Trinajstić information content (AvgIpc) is 3.24. The second-order valence-corrected chi connectivity index (χ2v) is 16.9. The van der Waals surface area contributed by atoms with Crippen LogP contribution in [0.1, 0.15) is 63.7 Å². The fraction of sp³-hybridized carbons (Fsp3) is 0.125. The monoisotopic (exact) mass is 1030 g/mol. The van der Waals surface area contributed by atoms with E-state index in [1.54, 1.807) is 135 Å². The number of hydrogen-bond acceptors (Lipinski definition) is 7. The van der Waals surface area contributed by atoms with Crippen molar-refractivity contribution in [1.29, 1.82) is 0 Å². The van der Waals surface area contributed by atoms with Gasteiger partial charge in [0.15, 0.2) is 0 Å². The molecule has 0 aromatic heterocycles. The Morgan fingerprint density at radius 1 is 0.463 bits per heavy atom. The van der Waals surface area contributed by atoms with E-state index in [0.29, 0.717) is 33.6 Å². The Hall–Kier alpha value is -5.12. The van der Waals surface area contributed by atoms with E-state index >= 15 is 0 Å². The summed E-state index contributed by atoms with van der Waals surface area (Å²) in [6.07, 6.45) is 0.0112. The van der Waals surface area contributed by atoms with E-state index in [4.69, 9.17) is 69.6 Å². The van der Waals surface area contributed by atoms with Gasteiger partial charge in [-0.1, -0.05) is 130 Å². The minimum atomic E-state index is -1.43. The van der Waals surface area contributed by atoms with Crippen LogP contribution in [0.5, 0.6) is 0 Å². The summed E-state index contributed by atoms with van der Waals surface area (Å²) in [4.78, 5) is 73.6. The number of aryl methyl sites for hydroxylation is 2. The zero-order valence-electron chi connectivity index (χ0n) is 35.7. The maximum atomic E-state index is 12.6. The predicted octanol–water partition coefficient (Wildman–Crippen LogP) is 6.94. The second kappa shape index (κ2) is 25.3. The van der Waals surface area contributed by atoms with Crippen molar-refractivity contribution in [2.45, 2.75) is 38.8 Å². The predicted molar refractivity (Wildman–Crippen MR) is 257 cm³/mol. The number of halogens is 6. The normalized spacial score (nSPS) is 11.3. The van der Waals surface area contributed by atoms with Gasteiger partial charge in [-0.2, -0.15) is 0 Å². The van der Waals surface area contributed by atoms with Gasteiger partial charge in [-0.3, -0.25) is 19.2 Å². The zero-order valence-corrected chi connectivity index (χ0v) is 42.2. The number of aliphatic carboxylic acids is 2.